The van der Waals surface area contributed by atoms with Gasteiger partial charge in [0.15, 0.2) is 0 Å². The highest BCUT2D eigenvalue weighted by molar-refractivity contribution is 6.06. The fourth-order valence-electron chi connectivity index (χ4n) is 3.51. The molecule has 0 aliphatic heterocycles. The van der Waals surface area contributed by atoms with Crippen molar-refractivity contribution in [3.05, 3.63) is 89.9 Å². The maximum absolute atomic E-state index is 13.0. The Balaban J connectivity index is 1.44. The van der Waals surface area contributed by atoms with Gasteiger partial charge >= 0.3 is 6.03 Å². The number of rotatable bonds is 5. The van der Waals surface area contributed by atoms with Crippen LogP contribution in [0.15, 0.2) is 72.9 Å². The van der Waals surface area contributed by atoms with Crippen molar-refractivity contribution >= 4 is 29.0 Å². The lowest BCUT2D eigenvalue weighted by atomic mass is 10.2. The van der Waals surface area contributed by atoms with Crippen molar-refractivity contribution in [2.45, 2.75) is 13.8 Å². The first-order valence-electron chi connectivity index (χ1n) is 10.1. The number of benzene rings is 2. The molecule has 162 valence electrons. The van der Waals surface area contributed by atoms with Crippen LogP contribution in [0.4, 0.5) is 21.9 Å². The first kappa shape index (κ1) is 20.9. The molecule has 8 heteroatoms. The van der Waals surface area contributed by atoms with Crippen molar-refractivity contribution in [1.29, 1.82) is 0 Å². The van der Waals surface area contributed by atoms with E-state index in [1.807, 2.05) is 67.9 Å². The van der Waals surface area contributed by atoms with Crippen molar-refractivity contribution in [1.82, 2.24) is 14.3 Å². The largest absolute Gasteiger partial charge is 0.323 e. The number of carbonyl (C=O) groups excluding carboxylic acids is 2. The van der Waals surface area contributed by atoms with E-state index in [0.717, 1.165) is 11.4 Å². The number of para-hydroxylation sites is 1. The molecule has 4 rings (SSSR count). The molecule has 2 heterocycles. The summed E-state index contributed by atoms with van der Waals surface area (Å²) in [5.41, 5.74) is 4.43. The predicted octanol–water partition coefficient (Wildman–Crippen LogP) is 4.72. The van der Waals surface area contributed by atoms with Gasteiger partial charge in [-0.15, -0.1) is 0 Å². The number of amides is 3. The Hall–Kier alpha value is -4.33. The summed E-state index contributed by atoms with van der Waals surface area (Å²) >= 11 is 0. The van der Waals surface area contributed by atoms with Crippen molar-refractivity contribution < 1.29 is 9.59 Å². The van der Waals surface area contributed by atoms with Gasteiger partial charge in [0.25, 0.3) is 5.91 Å². The topological polar surface area (TPSA) is 93.0 Å². The Morgan fingerprint density at radius 3 is 1.88 bits per heavy atom. The van der Waals surface area contributed by atoms with E-state index in [0.29, 0.717) is 28.4 Å². The van der Waals surface area contributed by atoms with Crippen LogP contribution in [0.5, 0.6) is 0 Å². The predicted molar refractivity (Wildman–Crippen MR) is 125 cm³/mol. The molecule has 2 aromatic heterocycles. The summed E-state index contributed by atoms with van der Waals surface area (Å²) in [6, 6.07) is 19.8. The lowest BCUT2D eigenvalue weighted by Crippen LogP contribution is -2.19. The molecule has 0 bridgehead atoms. The van der Waals surface area contributed by atoms with Gasteiger partial charge in [-0.3, -0.25) is 9.48 Å². The minimum Gasteiger partial charge on any atom is -0.322 e. The van der Waals surface area contributed by atoms with Crippen LogP contribution in [0.3, 0.4) is 0 Å². The molecule has 4 aromatic rings. The SMILES string of the molecule is Cc1ccc(C)n1-c1c(C(=O)Nc2ccc(NC(=O)Nc3ccccc3)cc2)cnn1C. The maximum atomic E-state index is 13.0. The van der Waals surface area contributed by atoms with Crippen LogP contribution in [0.2, 0.25) is 0 Å². The number of carbonyl (C=O) groups is 2. The zero-order valence-corrected chi connectivity index (χ0v) is 18.1. The Labute approximate surface area is 185 Å². The van der Waals surface area contributed by atoms with Gasteiger partial charge in [-0.05, 0) is 62.4 Å². The fraction of sp³-hybridized carbons (Fsp3) is 0.125. The van der Waals surface area contributed by atoms with Gasteiger partial charge in [0.05, 0.1) is 6.20 Å². The van der Waals surface area contributed by atoms with E-state index >= 15 is 0 Å². The van der Waals surface area contributed by atoms with Crippen LogP contribution in [0.1, 0.15) is 21.7 Å². The highest BCUT2D eigenvalue weighted by atomic mass is 16.2. The van der Waals surface area contributed by atoms with E-state index < -0.39 is 0 Å². The van der Waals surface area contributed by atoms with Gasteiger partial charge in [-0.1, -0.05) is 18.2 Å². The molecule has 0 atom stereocenters. The van der Waals surface area contributed by atoms with E-state index in [1.165, 1.54) is 0 Å². The highest BCUT2D eigenvalue weighted by Gasteiger charge is 2.20. The molecular weight excluding hydrogens is 404 g/mol. The third-order valence-corrected chi connectivity index (χ3v) is 5.07. The standard InChI is InChI=1S/C24H24N6O2/c1-16-9-10-17(2)30(16)23-21(15-25-29(23)3)22(31)26-19-11-13-20(14-12-19)28-24(32)27-18-7-5-4-6-8-18/h4-15H,1-3H3,(H,26,31)(H2,27,28,32). The zero-order chi connectivity index (χ0) is 22.7. The van der Waals surface area contributed by atoms with E-state index in [-0.39, 0.29) is 11.9 Å². The summed E-state index contributed by atoms with van der Waals surface area (Å²) in [6.45, 7) is 3.97. The minimum absolute atomic E-state index is 0.261. The first-order valence-corrected chi connectivity index (χ1v) is 10.1. The number of hydrogen-bond acceptors (Lipinski definition) is 3. The molecule has 32 heavy (non-hydrogen) atoms. The average molecular weight is 428 g/mol. The van der Waals surface area contributed by atoms with Crippen LogP contribution >= 0.6 is 0 Å². The summed E-state index contributed by atoms with van der Waals surface area (Å²) in [5, 5.41) is 12.7. The molecule has 0 fully saturated rings. The van der Waals surface area contributed by atoms with Crippen LogP contribution in [0, 0.1) is 13.8 Å². The molecule has 2 aromatic carbocycles. The van der Waals surface area contributed by atoms with Crippen molar-refractivity contribution in [3.8, 4) is 5.82 Å². The number of anilines is 3. The third-order valence-electron chi connectivity index (χ3n) is 5.07. The summed E-state index contributed by atoms with van der Waals surface area (Å²) in [4.78, 5) is 25.1. The number of hydrogen-bond donors (Lipinski definition) is 3. The van der Waals surface area contributed by atoms with Gasteiger partial charge < -0.3 is 20.5 Å². The molecule has 0 aliphatic rings. The molecule has 0 unspecified atom stereocenters. The number of nitrogens with zero attached hydrogens (tertiary/aromatic N) is 3. The van der Waals surface area contributed by atoms with Crippen LogP contribution < -0.4 is 16.0 Å². The molecule has 0 aliphatic carbocycles. The third kappa shape index (κ3) is 4.39. The second-order valence-corrected chi connectivity index (χ2v) is 7.43. The van der Waals surface area contributed by atoms with E-state index in [1.54, 1.807) is 35.1 Å². The Morgan fingerprint density at radius 1 is 0.750 bits per heavy atom. The van der Waals surface area contributed by atoms with Crippen molar-refractivity contribution in [3.63, 3.8) is 0 Å². The van der Waals surface area contributed by atoms with E-state index in [9.17, 15) is 9.59 Å². The Morgan fingerprint density at radius 2 is 1.28 bits per heavy atom. The van der Waals surface area contributed by atoms with E-state index in [4.69, 9.17) is 0 Å². The fourth-order valence-corrected chi connectivity index (χ4v) is 3.51. The average Bonchev–Trinajstić information content (AvgIpc) is 3.31. The molecule has 0 saturated heterocycles. The first-order chi connectivity index (χ1) is 15.4. The minimum atomic E-state index is -0.342. The second-order valence-electron chi connectivity index (χ2n) is 7.43. The number of nitrogens with one attached hydrogen (secondary N) is 3. The zero-order valence-electron chi connectivity index (χ0n) is 18.1. The van der Waals surface area contributed by atoms with Crippen LogP contribution in [-0.4, -0.2) is 26.3 Å². The summed E-state index contributed by atoms with van der Waals surface area (Å²) in [5.74, 6) is 0.446. The summed E-state index contributed by atoms with van der Waals surface area (Å²) in [6.07, 6.45) is 1.56. The smallest absolute Gasteiger partial charge is 0.322 e. The molecule has 3 N–H and O–H groups in total. The van der Waals surface area contributed by atoms with Gasteiger partial charge in [0.1, 0.15) is 11.4 Å². The maximum Gasteiger partial charge on any atom is 0.323 e. The summed E-state index contributed by atoms with van der Waals surface area (Å²) in [7, 11) is 1.81. The molecule has 3 amide bonds. The second kappa shape index (κ2) is 8.81. The quantitative estimate of drug-likeness (QED) is 0.429. The molecule has 0 spiro atoms. The molecule has 0 saturated carbocycles. The van der Waals surface area contributed by atoms with Crippen LogP contribution in [0.25, 0.3) is 5.82 Å². The molecule has 0 radical (unpaired) electrons. The number of aryl methyl sites for hydroxylation is 3. The Bertz CT molecular complexity index is 1240. The Kier molecular flexibility index (Phi) is 5.76. The monoisotopic (exact) mass is 428 g/mol. The van der Waals surface area contributed by atoms with Gasteiger partial charge in [-0.2, -0.15) is 5.10 Å². The lowest BCUT2D eigenvalue weighted by molar-refractivity contribution is 0.102. The van der Waals surface area contributed by atoms with Gasteiger partial charge in [0, 0.05) is 35.5 Å². The normalized spacial score (nSPS) is 10.6. The number of aromatic nitrogens is 3. The molecule has 8 nitrogen and oxygen atoms in total. The van der Waals surface area contributed by atoms with Crippen molar-refractivity contribution in [2.75, 3.05) is 16.0 Å². The van der Waals surface area contributed by atoms with Crippen LogP contribution in [-0.2, 0) is 7.05 Å². The molecular formula is C24H24N6O2. The highest BCUT2D eigenvalue weighted by Crippen LogP contribution is 2.22. The summed E-state index contributed by atoms with van der Waals surface area (Å²) < 4.78 is 3.69. The van der Waals surface area contributed by atoms with Crippen molar-refractivity contribution in [2.24, 2.45) is 7.05 Å². The van der Waals surface area contributed by atoms with Gasteiger partial charge in [0.2, 0.25) is 0 Å². The van der Waals surface area contributed by atoms with Gasteiger partial charge in [-0.25, -0.2) is 4.79 Å². The van der Waals surface area contributed by atoms with E-state index in [2.05, 4.69) is 21.0 Å². The number of urea groups is 1. The lowest BCUT2D eigenvalue weighted by Gasteiger charge is -2.13.